The van der Waals surface area contributed by atoms with Crippen LogP contribution < -0.4 is 5.32 Å². The highest BCUT2D eigenvalue weighted by atomic mass is 35.5. The minimum absolute atomic E-state index is 0.224. The summed E-state index contributed by atoms with van der Waals surface area (Å²) < 4.78 is 0. The summed E-state index contributed by atoms with van der Waals surface area (Å²) in [5.41, 5.74) is 0.966. The fourth-order valence-electron chi connectivity index (χ4n) is 1.61. The Balaban J connectivity index is 2.06. The van der Waals surface area contributed by atoms with Crippen LogP contribution in [-0.4, -0.2) is 16.1 Å². The van der Waals surface area contributed by atoms with Gasteiger partial charge in [-0.2, -0.15) is 5.26 Å². The van der Waals surface area contributed by atoms with Crippen LogP contribution in [0, 0.1) is 11.3 Å². The average Bonchev–Trinajstić information content (AvgIpc) is 2.52. The smallest absolute Gasteiger partial charge is 0.237 e. The molecule has 1 aromatic carbocycles. The van der Waals surface area contributed by atoms with Crippen LogP contribution in [0.1, 0.15) is 12.5 Å². The van der Waals surface area contributed by atoms with Crippen molar-refractivity contribution in [2.45, 2.75) is 17.2 Å². The first-order valence-corrected chi connectivity index (χ1v) is 7.92. The van der Waals surface area contributed by atoms with Crippen LogP contribution in [0.3, 0.4) is 0 Å². The van der Waals surface area contributed by atoms with E-state index in [-0.39, 0.29) is 5.91 Å². The maximum atomic E-state index is 12.2. The topological polar surface area (TPSA) is 65.8 Å². The van der Waals surface area contributed by atoms with Crippen LogP contribution in [0.2, 0.25) is 10.0 Å². The number of carbonyl (C=O) groups is 1. The van der Waals surface area contributed by atoms with Gasteiger partial charge in [0.2, 0.25) is 5.91 Å². The lowest BCUT2D eigenvalue weighted by atomic mass is 10.3. The summed E-state index contributed by atoms with van der Waals surface area (Å²) in [6.45, 7) is 1.75. The summed E-state index contributed by atoms with van der Waals surface area (Å²) >= 11 is 13.2. The first kappa shape index (κ1) is 16.6. The van der Waals surface area contributed by atoms with Gasteiger partial charge in [-0.3, -0.25) is 4.79 Å². The Hall–Kier alpha value is -1.74. The van der Waals surface area contributed by atoms with E-state index in [0.717, 1.165) is 0 Å². The molecule has 112 valence electrons. The minimum Gasteiger partial charge on any atom is -0.324 e. The zero-order valence-electron chi connectivity index (χ0n) is 11.5. The minimum atomic E-state index is -0.406. The Morgan fingerprint density at radius 3 is 2.91 bits per heavy atom. The summed E-state index contributed by atoms with van der Waals surface area (Å²) in [6.07, 6.45) is 1.54. The van der Waals surface area contributed by atoms with Gasteiger partial charge in [-0.25, -0.2) is 4.98 Å². The number of anilines is 1. The fourth-order valence-corrected chi connectivity index (χ4v) is 2.81. The SMILES string of the molecule is CC(Sc1cc(C#N)ccn1)C(=O)Nc1cccc(Cl)c1Cl. The third kappa shape index (κ3) is 4.14. The number of nitrogens with zero attached hydrogens (tertiary/aromatic N) is 2. The van der Waals surface area contributed by atoms with E-state index in [9.17, 15) is 4.79 Å². The monoisotopic (exact) mass is 351 g/mol. The maximum Gasteiger partial charge on any atom is 0.237 e. The molecule has 0 aliphatic rings. The third-order valence-electron chi connectivity index (χ3n) is 2.74. The number of nitrogens with one attached hydrogen (secondary N) is 1. The second kappa shape index (κ2) is 7.50. The van der Waals surface area contributed by atoms with Crippen LogP contribution in [0.25, 0.3) is 0 Å². The maximum absolute atomic E-state index is 12.2. The van der Waals surface area contributed by atoms with Crippen molar-refractivity contribution in [3.8, 4) is 6.07 Å². The number of hydrogen-bond acceptors (Lipinski definition) is 4. The summed E-state index contributed by atoms with van der Waals surface area (Å²) in [4.78, 5) is 16.3. The number of thioether (sulfide) groups is 1. The number of rotatable bonds is 4. The van der Waals surface area contributed by atoms with Gasteiger partial charge < -0.3 is 5.32 Å². The van der Waals surface area contributed by atoms with Crippen LogP contribution in [0.15, 0.2) is 41.6 Å². The highest BCUT2D eigenvalue weighted by molar-refractivity contribution is 8.00. The summed E-state index contributed by atoms with van der Waals surface area (Å²) in [7, 11) is 0. The molecule has 0 spiro atoms. The van der Waals surface area contributed by atoms with Gasteiger partial charge in [-0.15, -0.1) is 0 Å². The second-order valence-electron chi connectivity index (χ2n) is 4.35. The molecule has 1 N–H and O–H groups in total. The van der Waals surface area contributed by atoms with E-state index in [1.807, 2.05) is 6.07 Å². The molecule has 2 rings (SSSR count). The Morgan fingerprint density at radius 1 is 1.41 bits per heavy atom. The van der Waals surface area contributed by atoms with E-state index in [1.54, 1.807) is 43.5 Å². The number of amides is 1. The van der Waals surface area contributed by atoms with Crippen molar-refractivity contribution in [3.05, 3.63) is 52.1 Å². The van der Waals surface area contributed by atoms with Gasteiger partial charge in [0.05, 0.1) is 37.6 Å². The van der Waals surface area contributed by atoms with Crippen molar-refractivity contribution in [2.24, 2.45) is 0 Å². The number of halogens is 2. The number of aromatic nitrogens is 1. The lowest BCUT2D eigenvalue weighted by Gasteiger charge is -2.13. The predicted octanol–water partition coefficient (Wildman–Crippen LogP) is 4.38. The van der Waals surface area contributed by atoms with Crippen molar-refractivity contribution in [1.82, 2.24) is 4.98 Å². The molecule has 0 saturated heterocycles. The standard InChI is InChI=1S/C15H11Cl2N3OS/c1-9(22-13-7-10(8-18)5-6-19-13)15(21)20-12-4-2-3-11(16)14(12)17/h2-7,9H,1H3,(H,20,21). The third-order valence-corrected chi connectivity index (χ3v) is 4.59. The molecule has 0 saturated carbocycles. The molecular weight excluding hydrogens is 341 g/mol. The molecule has 1 heterocycles. The predicted molar refractivity (Wildman–Crippen MR) is 89.4 cm³/mol. The second-order valence-corrected chi connectivity index (χ2v) is 6.49. The average molecular weight is 352 g/mol. The van der Waals surface area contributed by atoms with Crippen LogP contribution in [-0.2, 0) is 4.79 Å². The van der Waals surface area contributed by atoms with E-state index in [1.165, 1.54) is 11.8 Å². The van der Waals surface area contributed by atoms with Crippen LogP contribution in [0.5, 0.6) is 0 Å². The Labute approximate surface area is 142 Å². The summed E-state index contributed by atoms with van der Waals surface area (Å²) in [5, 5.41) is 12.5. The van der Waals surface area contributed by atoms with Crippen molar-refractivity contribution in [3.63, 3.8) is 0 Å². The fraction of sp³-hybridized carbons (Fsp3) is 0.133. The van der Waals surface area contributed by atoms with Crippen molar-refractivity contribution >= 4 is 46.6 Å². The normalized spacial score (nSPS) is 11.5. The Morgan fingerprint density at radius 2 is 2.18 bits per heavy atom. The Kier molecular flexibility index (Phi) is 5.67. The van der Waals surface area contributed by atoms with Crippen molar-refractivity contribution in [2.75, 3.05) is 5.32 Å². The number of carbonyl (C=O) groups excluding carboxylic acids is 1. The van der Waals surface area contributed by atoms with E-state index >= 15 is 0 Å². The Bertz CT molecular complexity index is 746. The molecule has 0 bridgehead atoms. The molecule has 4 nitrogen and oxygen atoms in total. The molecule has 0 aliphatic heterocycles. The number of hydrogen-bond donors (Lipinski definition) is 1. The molecule has 0 aliphatic carbocycles. The first-order chi connectivity index (χ1) is 10.5. The molecule has 1 atom stereocenters. The summed E-state index contributed by atoms with van der Waals surface area (Å²) in [6, 6.07) is 10.3. The van der Waals surface area contributed by atoms with Crippen LogP contribution >= 0.6 is 35.0 Å². The van der Waals surface area contributed by atoms with E-state index < -0.39 is 5.25 Å². The van der Waals surface area contributed by atoms with Gasteiger partial charge >= 0.3 is 0 Å². The lowest BCUT2D eigenvalue weighted by molar-refractivity contribution is -0.115. The number of nitriles is 1. The first-order valence-electron chi connectivity index (χ1n) is 6.29. The zero-order valence-corrected chi connectivity index (χ0v) is 13.8. The summed E-state index contributed by atoms with van der Waals surface area (Å²) in [5.74, 6) is -0.224. The molecule has 0 fully saturated rings. The quantitative estimate of drug-likeness (QED) is 0.830. The largest absolute Gasteiger partial charge is 0.324 e. The highest BCUT2D eigenvalue weighted by Gasteiger charge is 2.17. The zero-order chi connectivity index (χ0) is 16.1. The van der Waals surface area contributed by atoms with Gasteiger partial charge in [0.25, 0.3) is 0 Å². The molecule has 22 heavy (non-hydrogen) atoms. The molecule has 1 amide bonds. The van der Waals surface area contributed by atoms with Crippen molar-refractivity contribution in [1.29, 1.82) is 5.26 Å². The molecule has 7 heteroatoms. The highest BCUT2D eigenvalue weighted by Crippen LogP contribution is 2.30. The molecule has 2 aromatic rings. The van der Waals surface area contributed by atoms with Crippen LogP contribution in [0.4, 0.5) is 5.69 Å². The van der Waals surface area contributed by atoms with Crippen molar-refractivity contribution < 1.29 is 4.79 Å². The molecule has 1 aromatic heterocycles. The molecule has 0 radical (unpaired) electrons. The van der Waals surface area contributed by atoms with Gasteiger partial charge in [0.15, 0.2) is 0 Å². The number of benzene rings is 1. The van der Waals surface area contributed by atoms with Gasteiger partial charge in [0, 0.05) is 6.20 Å². The molecule has 1 unspecified atom stereocenters. The molecular formula is C15H11Cl2N3OS. The van der Waals surface area contributed by atoms with Gasteiger partial charge in [0.1, 0.15) is 0 Å². The van der Waals surface area contributed by atoms with Gasteiger partial charge in [-0.05, 0) is 31.2 Å². The lowest BCUT2D eigenvalue weighted by Crippen LogP contribution is -2.22. The van der Waals surface area contributed by atoms with E-state index in [0.29, 0.717) is 26.3 Å². The number of pyridine rings is 1. The van der Waals surface area contributed by atoms with Gasteiger partial charge in [-0.1, -0.05) is 41.0 Å². The van der Waals surface area contributed by atoms with E-state index in [2.05, 4.69) is 10.3 Å². The van der Waals surface area contributed by atoms with E-state index in [4.69, 9.17) is 28.5 Å².